The molecule has 2 heteroatoms. The summed E-state index contributed by atoms with van der Waals surface area (Å²) in [4.78, 5) is 8.22. The molecule has 0 fully saturated rings. The Morgan fingerprint density at radius 1 is 1.05 bits per heavy atom. The lowest BCUT2D eigenvalue weighted by atomic mass is 9.71. The van der Waals surface area contributed by atoms with Crippen molar-refractivity contribution in [2.75, 3.05) is 0 Å². The van der Waals surface area contributed by atoms with Crippen molar-refractivity contribution < 1.29 is 0 Å². The van der Waals surface area contributed by atoms with E-state index in [-0.39, 0.29) is 0 Å². The Labute approximate surface area is 120 Å². The molecule has 0 saturated carbocycles. The predicted molar refractivity (Wildman–Crippen MR) is 83.2 cm³/mol. The summed E-state index contributed by atoms with van der Waals surface area (Å²) in [6.07, 6.45) is 9.86. The van der Waals surface area contributed by atoms with E-state index in [0.717, 1.165) is 18.4 Å². The number of nitrogens with zero attached hydrogens (tertiary/aromatic N) is 2. The topological polar surface area (TPSA) is 25.8 Å². The van der Waals surface area contributed by atoms with E-state index in [4.69, 9.17) is 0 Å². The minimum Gasteiger partial charge on any atom is -0.244 e. The van der Waals surface area contributed by atoms with Crippen LogP contribution in [0.3, 0.4) is 0 Å². The molecule has 1 aromatic carbocycles. The minimum atomic E-state index is 0.353. The summed E-state index contributed by atoms with van der Waals surface area (Å²) in [6, 6.07) is 6.74. The van der Waals surface area contributed by atoms with Crippen molar-refractivity contribution in [1.82, 2.24) is 9.97 Å². The van der Waals surface area contributed by atoms with E-state index in [9.17, 15) is 0 Å². The molecule has 1 aromatic heterocycles. The van der Waals surface area contributed by atoms with Crippen LogP contribution >= 0.6 is 0 Å². The van der Waals surface area contributed by atoms with Crippen molar-refractivity contribution in [3.63, 3.8) is 0 Å². The van der Waals surface area contributed by atoms with Gasteiger partial charge in [-0.15, -0.1) is 0 Å². The Hall–Kier alpha value is -1.96. The van der Waals surface area contributed by atoms with Crippen LogP contribution in [0.4, 0.5) is 0 Å². The van der Waals surface area contributed by atoms with Crippen LogP contribution in [-0.4, -0.2) is 9.97 Å². The third-order valence-corrected chi connectivity index (χ3v) is 4.04. The summed E-state index contributed by atoms with van der Waals surface area (Å²) in [5.41, 5.74) is 6.93. The predicted octanol–water partition coefficient (Wildman–Crippen LogP) is 4.52. The average Bonchev–Trinajstić information content (AvgIpc) is 2.46. The van der Waals surface area contributed by atoms with Crippen LogP contribution in [0.2, 0.25) is 0 Å². The van der Waals surface area contributed by atoms with Crippen LogP contribution in [-0.2, 0) is 6.42 Å². The minimum absolute atomic E-state index is 0.353. The molecule has 0 atom stereocenters. The second-order valence-corrected chi connectivity index (χ2v) is 6.33. The normalized spacial score (nSPS) is 18.9. The maximum absolute atomic E-state index is 4.11. The van der Waals surface area contributed by atoms with E-state index in [1.165, 1.54) is 22.3 Å². The molecule has 2 aromatic rings. The highest BCUT2D eigenvalue weighted by Crippen LogP contribution is 2.42. The van der Waals surface area contributed by atoms with Crippen molar-refractivity contribution in [3.05, 3.63) is 54.1 Å². The molecule has 102 valence electrons. The molecule has 0 amide bonds. The summed E-state index contributed by atoms with van der Waals surface area (Å²) in [7, 11) is 0. The van der Waals surface area contributed by atoms with Gasteiger partial charge in [0.25, 0.3) is 0 Å². The smallest absolute Gasteiger partial charge is 0.115 e. The van der Waals surface area contributed by atoms with Gasteiger partial charge in [-0.25, -0.2) is 9.97 Å². The lowest BCUT2D eigenvalue weighted by Crippen LogP contribution is -2.21. The highest BCUT2D eigenvalue weighted by Gasteiger charge is 2.28. The van der Waals surface area contributed by atoms with Crippen LogP contribution < -0.4 is 0 Å². The van der Waals surface area contributed by atoms with Crippen molar-refractivity contribution in [3.8, 4) is 11.1 Å². The van der Waals surface area contributed by atoms with Gasteiger partial charge in [0.1, 0.15) is 6.33 Å². The zero-order chi connectivity index (χ0) is 14.2. The molecule has 2 nitrogen and oxygen atoms in total. The number of allylic oxidation sites excluding steroid dienone is 2. The van der Waals surface area contributed by atoms with Crippen LogP contribution in [0.25, 0.3) is 16.7 Å². The van der Waals surface area contributed by atoms with Gasteiger partial charge in [-0.1, -0.05) is 32.1 Å². The summed E-state index contributed by atoms with van der Waals surface area (Å²) < 4.78 is 0. The second kappa shape index (κ2) is 4.86. The van der Waals surface area contributed by atoms with E-state index in [1.807, 2.05) is 12.4 Å². The number of fused-ring (bicyclic) bond motifs is 1. The van der Waals surface area contributed by atoms with Crippen LogP contribution in [0.1, 0.15) is 38.3 Å². The molecular weight excluding hydrogens is 244 g/mol. The number of rotatable bonds is 1. The molecule has 0 bridgehead atoms. The van der Waals surface area contributed by atoms with E-state index in [1.54, 1.807) is 6.33 Å². The fraction of sp³-hybridized carbons (Fsp3) is 0.333. The van der Waals surface area contributed by atoms with Crippen molar-refractivity contribution in [2.24, 2.45) is 5.41 Å². The maximum atomic E-state index is 4.11. The van der Waals surface area contributed by atoms with Gasteiger partial charge in [-0.05, 0) is 53.5 Å². The first-order chi connectivity index (χ1) is 9.59. The van der Waals surface area contributed by atoms with Gasteiger partial charge in [-0.2, -0.15) is 0 Å². The summed E-state index contributed by atoms with van der Waals surface area (Å²) >= 11 is 0. The molecule has 0 spiro atoms. The Morgan fingerprint density at radius 3 is 2.50 bits per heavy atom. The molecule has 0 radical (unpaired) electrons. The van der Waals surface area contributed by atoms with Crippen LogP contribution in [0, 0.1) is 5.41 Å². The lowest BCUT2D eigenvalue weighted by Gasteiger charge is -2.33. The molecule has 0 aliphatic heterocycles. The average molecular weight is 264 g/mol. The van der Waals surface area contributed by atoms with E-state index < -0.39 is 0 Å². The molecular formula is C18H20N2. The van der Waals surface area contributed by atoms with Crippen LogP contribution in [0.15, 0.2) is 43.0 Å². The molecule has 1 aliphatic rings. The van der Waals surface area contributed by atoms with E-state index in [2.05, 4.69) is 55.0 Å². The van der Waals surface area contributed by atoms with Crippen LogP contribution in [0.5, 0.6) is 0 Å². The summed E-state index contributed by atoms with van der Waals surface area (Å²) in [5, 5.41) is 0. The second-order valence-electron chi connectivity index (χ2n) is 6.33. The van der Waals surface area contributed by atoms with Crippen molar-refractivity contribution >= 4 is 5.57 Å². The lowest BCUT2D eigenvalue weighted by molar-refractivity contribution is 0.365. The van der Waals surface area contributed by atoms with Gasteiger partial charge < -0.3 is 0 Å². The molecule has 0 unspecified atom stereocenters. The molecule has 1 heterocycles. The number of hydrogen-bond acceptors (Lipinski definition) is 2. The van der Waals surface area contributed by atoms with Gasteiger partial charge in [0.2, 0.25) is 0 Å². The largest absolute Gasteiger partial charge is 0.244 e. The summed E-state index contributed by atoms with van der Waals surface area (Å²) in [5.74, 6) is 0. The zero-order valence-corrected chi connectivity index (χ0v) is 12.4. The molecule has 0 saturated heterocycles. The maximum Gasteiger partial charge on any atom is 0.115 e. The monoisotopic (exact) mass is 264 g/mol. The van der Waals surface area contributed by atoms with Gasteiger partial charge in [0.05, 0.1) is 0 Å². The first kappa shape index (κ1) is 13.0. The van der Waals surface area contributed by atoms with Gasteiger partial charge in [-0.3, -0.25) is 0 Å². The Morgan fingerprint density at radius 2 is 1.80 bits per heavy atom. The van der Waals surface area contributed by atoms with Gasteiger partial charge >= 0.3 is 0 Å². The van der Waals surface area contributed by atoms with Gasteiger partial charge in [0.15, 0.2) is 0 Å². The molecule has 20 heavy (non-hydrogen) atoms. The fourth-order valence-corrected chi connectivity index (χ4v) is 3.10. The first-order valence-corrected chi connectivity index (χ1v) is 7.13. The first-order valence-electron chi connectivity index (χ1n) is 7.13. The molecule has 3 rings (SSSR count). The molecule has 1 aliphatic carbocycles. The molecule has 0 N–H and O–H groups in total. The number of aromatic nitrogens is 2. The third kappa shape index (κ3) is 2.38. The van der Waals surface area contributed by atoms with E-state index in [0.29, 0.717) is 5.41 Å². The third-order valence-electron chi connectivity index (χ3n) is 4.04. The van der Waals surface area contributed by atoms with E-state index >= 15 is 0 Å². The van der Waals surface area contributed by atoms with Gasteiger partial charge in [0, 0.05) is 18.0 Å². The Bertz CT molecular complexity index is 654. The Kier molecular flexibility index (Phi) is 3.17. The number of benzene rings is 1. The quantitative estimate of drug-likeness (QED) is 0.756. The highest BCUT2D eigenvalue weighted by molar-refractivity contribution is 5.76. The Balaban J connectivity index is 2.10. The summed E-state index contributed by atoms with van der Waals surface area (Å²) in [6.45, 7) is 6.83. The van der Waals surface area contributed by atoms with Crippen molar-refractivity contribution in [1.29, 1.82) is 0 Å². The highest BCUT2D eigenvalue weighted by atomic mass is 14.8. The fourth-order valence-electron chi connectivity index (χ4n) is 3.10. The zero-order valence-electron chi connectivity index (χ0n) is 12.4. The van der Waals surface area contributed by atoms with Crippen molar-refractivity contribution in [2.45, 2.75) is 33.6 Å². The standard InChI is InChI=1S/C18H20N2/c1-4-13-8-18(2,3)9-15-6-5-14(7-17(13)15)16-10-19-12-20-11-16/h4-7,10-12H,8-9H2,1-3H3/b13-4+. The SMILES string of the molecule is C/C=C1\CC(C)(C)Cc2ccc(-c3cncnc3)cc21. The number of hydrogen-bond donors (Lipinski definition) is 0.